The van der Waals surface area contributed by atoms with Crippen molar-refractivity contribution in [1.82, 2.24) is 30.1 Å². The number of hydrogen-bond acceptors (Lipinski definition) is 7. The number of carbonyl (C=O) groups is 1. The molecule has 0 aliphatic heterocycles. The topological polar surface area (TPSA) is 112 Å². The lowest BCUT2D eigenvalue weighted by molar-refractivity contribution is 0.102. The predicted molar refractivity (Wildman–Crippen MR) is 66.1 cm³/mol. The number of rotatable bonds is 3. The first kappa shape index (κ1) is 12.0. The molecule has 1 N–H and O–H groups in total. The summed E-state index contributed by atoms with van der Waals surface area (Å²) in [7, 11) is 0. The second-order valence-electron chi connectivity index (χ2n) is 3.89. The fourth-order valence-electron chi connectivity index (χ4n) is 1.50. The van der Waals surface area contributed by atoms with E-state index in [0.29, 0.717) is 17.4 Å². The summed E-state index contributed by atoms with van der Waals surface area (Å²) in [6.07, 6.45) is 2.87. The fourth-order valence-corrected chi connectivity index (χ4v) is 1.50. The molecule has 1 amide bonds. The van der Waals surface area contributed by atoms with Crippen molar-refractivity contribution in [3.8, 4) is 5.82 Å². The van der Waals surface area contributed by atoms with E-state index < -0.39 is 5.91 Å². The monoisotopic (exact) mass is 271 g/mol. The van der Waals surface area contributed by atoms with E-state index in [9.17, 15) is 4.79 Å². The first-order chi connectivity index (χ1) is 9.72. The van der Waals surface area contributed by atoms with Crippen LogP contribution in [-0.4, -0.2) is 36.0 Å². The second kappa shape index (κ2) is 4.88. The Labute approximate surface area is 112 Å². The third-order valence-electron chi connectivity index (χ3n) is 2.41. The van der Waals surface area contributed by atoms with Crippen LogP contribution in [0.1, 0.15) is 16.2 Å². The smallest absolute Gasteiger partial charge is 0.277 e. The Morgan fingerprint density at radius 2 is 2.25 bits per heavy atom. The summed E-state index contributed by atoms with van der Waals surface area (Å²) in [5, 5.41) is 17.8. The van der Waals surface area contributed by atoms with Crippen molar-refractivity contribution >= 4 is 11.7 Å². The summed E-state index contributed by atoms with van der Waals surface area (Å²) in [4.78, 5) is 15.7. The lowest BCUT2D eigenvalue weighted by atomic mass is 10.3. The van der Waals surface area contributed by atoms with Crippen LogP contribution in [0.25, 0.3) is 5.82 Å². The van der Waals surface area contributed by atoms with Gasteiger partial charge in [-0.25, -0.2) is 9.67 Å². The van der Waals surface area contributed by atoms with Gasteiger partial charge in [0.1, 0.15) is 18.4 Å². The Morgan fingerprint density at radius 3 is 2.85 bits per heavy atom. The van der Waals surface area contributed by atoms with Crippen molar-refractivity contribution in [3.63, 3.8) is 0 Å². The minimum Gasteiger partial charge on any atom is -0.360 e. The van der Waals surface area contributed by atoms with Crippen LogP contribution in [0.4, 0.5) is 5.82 Å². The molecule has 3 aromatic heterocycles. The van der Waals surface area contributed by atoms with Crippen LogP contribution in [0.3, 0.4) is 0 Å². The van der Waals surface area contributed by atoms with Crippen LogP contribution >= 0.6 is 0 Å². The van der Waals surface area contributed by atoms with Crippen molar-refractivity contribution in [1.29, 1.82) is 0 Å². The van der Waals surface area contributed by atoms with E-state index in [1.54, 1.807) is 19.1 Å². The molecule has 100 valence electrons. The molecule has 3 rings (SSSR count). The summed E-state index contributed by atoms with van der Waals surface area (Å²) in [6.45, 7) is 1.73. The highest BCUT2D eigenvalue weighted by molar-refractivity contribution is 6.02. The van der Waals surface area contributed by atoms with Crippen molar-refractivity contribution in [2.24, 2.45) is 0 Å². The molecule has 3 heterocycles. The quantitative estimate of drug-likeness (QED) is 0.742. The van der Waals surface area contributed by atoms with Gasteiger partial charge in [-0.3, -0.25) is 4.79 Å². The van der Waals surface area contributed by atoms with E-state index in [0.717, 1.165) is 0 Å². The average Bonchev–Trinajstić information content (AvgIpc) is 3.11. The number of aromatic nitrogens is 6. The third-order valence-corrected chi connectivity index (χ3v) is 2.41. The van der Waals surface area contributed by atoms with Gasteiger partial charge < -0.3 is 9.84 Å². The Bertz CT molecular complexity index is 718. The summed E-state index contributed by atoms with van der Waals surface area (Å²) < 4.78 is 6.29. The minimum absolute atomic E-state index is 0.162. The van der Waals surface area contributed by atoms with Crippen molar-refractivity contribution < 1.29 is 9.32 Å². The van der Waals surface area contributed by atoms with Crippen LogP contribution in [0.5, 0.6) is 0 Å². The van der Waals surface area contributed by atoms with Crippen molar-refractivity contribution in [2.45, 2.75) is 6.92 Å². The minimum atomic E-state index is -0.420. The molecule has 0 spiro atoms. The SMILES string of the molecule is Cc1cc(NC(=O)c2ccc(-n3cncn3)nn2)no1. The van der Waals surface area contributed by atoms with Crippen LogP contribution in [0.15, 0.2) is 35.4 Å². The average molecular weight is 271 g/mol. The summed E-state index contributed by atoms with van der Waals surface area (Å²) >= 11 is 0. The summed E-state index contributed by atoms with van der Waals surface area (Å²) in [5.41, 5.74) is 0.162. The van der Waals surface area contributed by atoms with Gasteiger partial charge in [0.25, 0.3) is 5.91 Å². The van der Waals surface area contributed by atoms with Crippen LogP contribution < -0.4 is 5.32 Å². The van der Waals surface area contributed by atoms with E-state index in [1.807, 2.05) is 0 Å². The zero-order valence-corrected chi connectivity index (χ0v) is 10.4. The normalized spacial score (nSPS) is 10.4. The molecule has 9 nitrogen and oxygen atoms in total. The molecule has 3 aromatic rings. The van der Waals surface area contributed by atoms with E-state index in [2.05, 4.69) is 30.8 Å². The maximum absolute atomic E-state index is 11.9. The Morgan fingerprint density at radius 1 is 1.35 bits per heavy atom. The maximum atomic E-state index is 11.9. The standard InChI is InChI=1S/C11H9N7O2/c1-7-4-9(17-20-7)14-11(19)8-2-3-10(16-15-8)18-6-12-5-13-18/h2-6H,1H3,(H,14,17,19). The Balaban J connectivity index is 1.75. The number of anilines is 1. The highest BCUT2D eigenvalue weighted by Gasteiger charge is 2.11. The van der Waals surface area contributed by atoms with Gasteiger partial charge in [-0.05, 0) is 19.1 Å². The van der Waals surface area contributed by atoms with Gasteiger partial charge in [0.15, 0.2) is 17.3 Å². The third kappa shape index (κ3) is 2.36. The Kier molecular flexibility index (Phi) is 2.92. The van der Waals surface area contributed by atoms with E-state index in [-0.39, 0.29) is 5.69 Å². The first-order valence-electron chi connectivity index (χ1n) is 5.66. The Hall–Kier alpha value is -3.10. The maximum Gasteiger partial charge on any atom is 0.277 e. The lowest BCUT2D eigenvalue weighted by Gasteiger charge is -2.01. The molecule has 9 heteroatoms. The van der Waals surface area contributed by atoms with Gasteiger partial charge in [0, 0.05) is 6.07 Å². The molecule has 0 bridgehead atoms. The molecular formula is C11H9N7O2. The molecule has 0 saturated heterocycles. The number of aryl methyl sites for hydroxylation is 1. The number of nitrogens with one attached hydrogen (secondary N) is 1. The highest BCUT2D eigenvalue weighted by atomic mass is 16.5. The number of nitrogens with zero attached hydrogens (tertiary/aromatic N) is 6. The van der Waals surface area contributed by atoms with Crippen molar-refractivity contribution in [2.75, 3.05) is 5.32 Å². The fraction of sp³-hybridized carbons (Fsp3) is 0.0909. The molecule has 0 aliphatic carbocycles. The van der Waals surface area contributed by atoms with Gasteiger partial charge in [-0.15, -0.1) is 10.2 Å². The highest BCUT2D eigenvalue weighted by Crippen LogP contribution is 2.09. The molecular weight excluding hydrogens is 262 g/mol. The van der Waals surface area contributed by atoms with Crippen LogP contribution in [0, 0.1) is 6.92 Å². The van der Waals surface area contributed by atoms with Gasteiger partial charge in [-0.1, -0.05) is 5.16 Å². The van der Waals surface area contributed by atoms with Gasteiger partial charge >= 0.3 is 0 Å². The van der Waals surface area contributed by atoms with E-state index in [1.165, 1.54) is 23.4 Å². The summed E-state index contributed by atoms with van der Waals surface area (Å²) in [6, 6.07) is 4.76. The molecule has 0 fully saturated rings. The summed E-state index contributed by atoms with van der Waals surface area (Å²) in [5.74, 6) is 0.981. The van der Waals surface area contributed by atoms with E-state index >= 15 is 0 Å². The van der Waals surface area contributed by atoms with Gasteiger partial charge in [0.2, 0.25) is 0 Å². The van der Waals surface area contributed by atoms with Gasteiger partial charge in [-0.2, -0.15) is 5.10 Å². The zero-order chi connectivity index (χ0) is 13.9. The first-order valence-corrected chi connectivity index (χ1v) is 5.66. The molecule has 0 atom stereocenters. The van der Waals surface area contributed by atoms with Gasteiger partial charge in [0.05, 0.1) is 0 Å². The number of carbonyl (C=O) groups excluding carboxylic acids is 1. The van der Waals surface area contributed by atoms with Crippen LogP contribution in [0.2, 0.25) is 0 Å². The molecule has 0 aliphatic rings. The van der Waals surface area contributed by atoms with Crippen LogP contribution in [-0.2, 0) is 0 Å². The number of amides is 1. The molecule has 0 aromatic carbocycles. The molecule has 0 unspecified atom stereocenters. The molecule has 0 saturated carbocycles. The largest absolute Gasteiger partial charge is 0.360 e. The molecule has 20 heavy (non-hydrogen) atoms. The van der Waals surface area contributed by atoms with Crippen molar-refractivity contribution in [3.05, 3.63) is 42.3 Å². The van der Waals surface area contributed by atoms with E-state index in [4.69, 9.17) is 4.52 Å². The molecule has 0 radical (unpaired) electrons. The second-order valence-corrected chi connectivity index (χ2v) is 3.89. The lowest BCUT2D eigenvalue weighted by Crippen LogP contribution is -2.15. The number of hydrogen-bond donors (Lipinski definition) is 1. The zero-order valence-electron chi connectivity index (χ0n) is 10.4. The predicted octanol–water partition coefficient (Wildman–Crippen LogP) is 0.606.